The number of hydrogen-bond acceptors (Lipinski definition) is 1. The average molecular weight is 229 g/mol. The number of carbonyl (C=O) groups is 1. The molecule has 14 heavy (non-hydrogen) atoms. The van der Waals surface area contributed by atoms with Crippen molar-refractivity contribution >= 4 is 35.1 Å². The van der Waals surface area contributed by atoms with Crippen molar-refractivity contribution in [2.24, 2.45) is 0 Å². The van der Waals surface area contributed by atoms with E-state index >= 15 is 0 Å². The zero-order chi connectivity index (χ0) is 10.4. The van der Waals surface area contributed by atoms with E-state index in [0.717, 1.165) is 5.56 Å². The third kappa shape index (κ3) is 3.17. The highest BCUT2D eigenvalue weighted by atomic mass is 35.5. The van der Waals surface area contributed by atoms with Gasteiger partial charge in [0, 0.05) is 11.4 Å². The van der Waals surface area contributed by atoms with Crippen LogP contribution < -0.4 is 0 Å². The minimum atomic E-state index is -0.0560. The van der Waals surface area contributed by atoms with Gasteiger partial charge >= 0.3 is 0 Å². The van der Waals surface area contributed by atoms with Crippen LogP contribution in [0.2, 0.25) is 0 Å². The Kier molecular flexibility index (Phi) is 4.71. The number of Topliss-reactive ketones (excluding diaryl/α,β-unsaturated/α-hetero) is 1. The molecule has 0 N–H and O–H groups in total. The maximum absolute atomic E-state index is 11.2. The van der Waals surface area contributed by atoms with Gasteiger partial charge in [0.1, 0.15) is 0 Å². The molecule has 0 heterocycles. The van der Waals surface area contributed by atoms with E-state index in [4.69, 9.17) is 23.2 Å². The lowest BCUT2D eigenvalue weighted by Crippen LogP contribution is -1.99. The van der Waals surface area contributed by atoms with Crippen molar-refractivity contribution in [2.45, 2.75) is 0 Å². The number of hydrogen-bond donors (Lipinski definition) is 0. The summed E-state index contributed by atoms with van der Waals surface area (Å²) in [5, 5.41) is 0. The summed E-state index contributed by atoms with van der Waals surface area (Å²) in [5.41, 5.74) is 1.67. The summed E-state index contributed by atoms with van der Waals surface area (Å²) >= 11 is 10.9. The van der Waals surface area contributed by atoms with Crippen LogP contribution in [0.25, 0.3) is 6.08 Å². The van der Waals surface area contributed by atoms with Crippen LogP contribution in [-0.2, 0) is 0 Å². The van der Waals surface area contributed by atoms with Crippen LogP contribution in [-0.4, -0.2) is 17.5 Å². The van der Waals surface area contributed by atoms with Crippen molar-refractivity contribution in [3.05, 3.63) is 41.5 Å². The molecule has 74 valence electrons. The van der Waals surface area contributed by atoms with E-state index < -0.39 is 0 Å². The van der Waals surface area contributed by atoms with E-state index in [1.165, 1.54) is 0 Å². The van der Waals surface area contributed by atoms with E-state index in [1.54, 1.807) is 12.1 Å². The smallest absolute Gasteiger partial charge is 0.177 e. The van der Waals surface area contributed by atoms with Crippen molar-refractivity contribution < 1.29 is 4.79 Å². The van der Waals surface area contributed by atoms with Crippen molar-refractivity contribution in [3.63, 3.8) is 0 Å². The highest BCUT2D eigenvalue weighted by Crippen LogP contribution is 2.07. The molecule has 0 fully saturated rings. The number of rotatable bonds is 4. The average Bonchev–Trinajstić information content (AvgIpc) is 2.26. The van der Waals surface area contributed by atoms with E-state index in [2.05, 4.69) is 0 Å². The Morgan fingerprint density at radius 2 is 1.86 bits per heavy atom. The fraction of sp³-hybridized carbons (Fsp3) is 0.182. The van der Waals surface area contributed by atoms with E-state index in [1.807, 2.05) is 24.3 Å². The number of carbonyl (C=O) groups excluding carboxylic acids is 1. The molecule has 0 atom stereocenters. The molecule has 0 amide bonds. The van der Waals surface area contributed by atoms with Gasteiger partial charge in [-0.25, -0.2) is 0 Å². The summed E-state index contributed by atoms with van der Waals surface area (Å²) in [6, 6.07) is 7.25. The van der Waals surface area contributed by atoms with Crippen LogP contribution in [0, 0.1) is 0 Å². The molecule has 0 unspecified atom stereocenters. The minimum Gasteiger partial charge on any atom is -0.293 e. The molecule has 0 spiro atoms. The molecule has 0 saturated heterocycles. The van der Waals surface area contributed by atoms with Gasteiger partial charge in [-0.3, -0.25) is 4.79 Å². The molecule has 0 aromatic heterocycles. The lowest BCUT2D eigenvalue weighted by atomic mass is 10.1. The molecular formula is C11H10Cl2O. The summed E-state index contributed by atoms with van der Waals surface area (Å²) in [6.07, 6.45) is 3.75. The monoisotopic (exact) mass is 228 g/mol. The van der Waals surface area contributed by atoms with Crippen molar-refractivity contribution in [1.29, 1.82) is 0 Å². The maximum Gasteiger partial charge on any atom is 0.177 e. The second-order valence-electron chi connectivity index (χ2n) is 2.74. The second-order valence-corrected chi connectivity index (χ2v) is 3.31. The minimum absolute atomic E-state index is 0.0247. The standard InChI is InChI=1S/C11H10Cl2O/c12-7-1-2-9-3-5-10(6-4-9)11(14)8-13/h1-6H,7-8H2. The summed E-state index contributed by atoms with van der Waals surface area (Å²) < 4.78 is 0. The summed E-state index contributed by atoms with van der Waals surface area (Å²) in [4.78, 5) is 11.2. The Hall–Kier alpha value is -0.790. The molecule has 1 aromatic rings. The third-order valence-corrected chi connectivity index (χ3v) is 2.17. The van der Waals surface area contributed by atoms with Gasteiger partial charge in [0.15, 0.2) is 5.78 Å². The van der Waals surface area contributed by atoms with E-state index in [9.17, 15) is 4.79 Å². The Balaban J connectivity index is 2.78. The third-order valence-electron chi connectivity index (χ3n) is 1.75. The van der Waals surface area contributed by atoms with Crippen LogP contribution in [0.3, 0.4) is 0 Å². The van der Waals surface area contributed by atoms with Gasteiger partial charge in [0.25, 0.3) is 0 Å². The normalized spacial score (nSPS) is 10.7. The molecule has 1 aromatic carbocycles. The first-order chi connectivity index (χ1) is 6.77. The Morgan fingerprint density at radius 1 is 1.21 bits per heavy atom. The number of alkyl halides is 2. The Bertz CT molecular complexity index is 328. The molecule has 1 nitrogen and oxygen atoms in total. The van der Waals surface area contributed by atoms with Crippen LogP contribution in [0.5, 0.6) is 0 Å². The molecule has 0 bridgehead atoms. The highest BCUT2D eigenvalue weighted by molar-refractivity contribution is 6.30. The summed E-state index contributed by atoms with van der Waals surface area (Å²) in [7, 11) is 0. The lowest BCUT2D eigenvalue weighted by molar-refractivity contribution is 0.102. The zero-order valence-electron chi connectivity index (χ0n) is 7.54. The van der Waals surface area contributed by atoms with Gasteiger partial charge in [-0.1, -0.05) is 36.4 Å². The fourth-order valence-corrected chi connectivity index (χ4v) is 1.28. The molecule has 1 rings (SSSR count). The molecule has 0 aliphatic rings. The first kappa shape index (κ1) is 11.3. The van der Waals surface area contributed by atoms with Gasteiger partial charge in [0.2, 0.25) is 0 Å². The van der Waals surface area contributed by atoms with E-state index in [0.29, 0.717) is 11.4 Å². The summed E-state index contributed by atoms with van der Waals surface area (Å²) in [5.74, 6) is 0.457. The quantitative estimate of drug-likeness (QED) is 0.571. The molecular weight excluding hydrogens is 219 g/mol. The van der Waals surface area contributed by atoms with Gasteiger partial charge in [-0.05, 0) is 5.56 Å². The lowest BCUT2D eigenvalue weighted by Gasteiger charge is -1.97. The number of allylic oxidation sites excluding steroid dienone is 1. The van der Waals surface area contributed by atoms with Crippen molar-refractivity contribution in [3.8, 4) is 0 Å². The first-order valence-corrected chi connectivity index (χ1v) is 5.26. The predicted octanol–water partition coefficient (Wildman–Crippen LogP) is 3.36. The number of ketones is 1. The predicted molar refractivity (Wildman–Crippen MR) is 61.2 cm³/mol. The molecule has 0 radical (unpaired) electrons. The van der Waals surface area contributed by atoms with E-state index in [-0.39, 0.29) is 11.7 Å². The fourth-order valence-electron chi connectivity index (χ4n) is 1.04. The largest absolute Gasteiger partial charge is 0.293 e. The van der Waals surface area contributed by atoms with Crippen LogP contribution in [0.4, 0.5) is 0 Å². The van der Waals surface area contributed by atoms with Crippen LogP contribution in [0.15, 0.2) is 30.3 Å². The molecule has 0 aliphatic carbocycles. The van der Waals surface area contributed by atoms with Gasteiger partial charge in [0.05, 0.1) is 5.88 Å². The Labute approximate surface area is 93.3 Å². The maximum atomic E-state index is 11.2. The highest BCUT2D eigenvalue weighted by Gasteiger charge is 2.01. The molecule has 0 aliphatic heterocycles. The number of benzene rings is 1. The summed E-state index contributed by atoms with van der Waals surface area (Å²) in [6.45, 7) is 0. The van der Waals surface area contributed by atoms with Crippen LogP contribution >= 0.6 is 23.2 Å². The Morgan fingerprint density at radius 3 is 2.36 bits per heavy atom. The van der Waals surface area contributed by atoms with Gasteiger partial charge in [-0.2, -0.15) is 0 Å². The zero-order valence-corrected chi connectivity index (χ0v) is 9.05. The topological polar surface area (TPSA) is 17.1 Å². The van der Waals surface area contributed by atoms with Crippen LogP contribution in [0.1, 0.15) is 15.9 Å². The number of halogens is 2. The molecule has 3 heteroatoms. The van der Waals surface area contributed by atoms with Gasteiger partial charge < -0.3 is 0 Å². The molecule has 0 saturated carbocycles. The second kappa shape index (κ2) is 5.84. The van der Waals surface area contributed by atoms with Gasteiger partial charge in [-0.15, -0.1) is 23.2 Å². The SMILES string of the molecule is O=C(CCl)c1ccc(C=CCCl)cc1. The van der Waals surface area contributed by atoms with Crippen molar-refractivity contribution in [2.75, 3.05) is 11.8 Å². The van der Waals surface area contributed by atoms with Crippen molar-refractivity contribution in [1.82, 2.24) is 0 Å². The first-order valence-electron chi connectivity index (χ1n) is 4.19.